The van der Waals surface area contributed by atoms with Crippen molar-refractivity contribution in [3.8, 4) is 5.75 Å². The SMILES string of the molecule is Cc1ccccc1OCCCCS. The van der Waals surface area contributed by atoms with Crippen molar-refractivity contribution in [3.05, 3.63) is 29.8 Å². The lowest BCUT2D eigenvalue weighted by Crippen LogP contribution is -1.98. The molecule has 1 aromatic rings. The highest BCUT2D eigenvalue weighted by Gasteiger charge is 1.96. The molecule has 0 heterocycles. The lowest BCUT2D eigenvalue weighted by molar-refractivity contribution is 0.308. The van der Waals surface area contributed by atoms with Crippen LogP contribution in [0.4, 0.5) is 0 Å². The summed E-state index contributed by atoms with van der Waals surface area (Å²) in [5.74, 6) is 1.94. The molecule has 0 unspecified atom stereocenters. The van der Waals surface area contributed by atoms with E-state index < -0.39 is 0 Å². The van der Waals surface area contributed by atoms with Crippen molar-refractivity contribution < 1.29 is 4.74 Å². The second-order valence-corrected chi connectivity index (χ2v) is 3.49. The summed E-state index contributed by atoms with van der Waals surface area (Å²) in [6.45, 7) is 2.86. The van der Waals surface area contributed by atoms with Crippen LogP contribution in [0.1, 0.15) is 18.4 Å². The monoisotopic (exact) mass is 196 g/mol. The van der Waals surface area contributed by atoms with Crippen LogP contribution in [0.3, 0.4) is 0 Å². The molecule has 0 saturated heterocycles. The third-order valence-electron chi connectivity index (χ3n) is 1.90. The van der Waals surface area contributed by atoms with Crippen LogP contribution in [-0.4, -0.2) is 12.4 Å². The smallest absolute Gasteiger partial charge is 0.122 e. The van der Waals surface area contributed by atoms with Gasteiger partial charge in [0.05, 0.1) is 6.61 Å². The third kappa shape index (κ3) is 3.73. The Balaban J connectivity index is 2.32. The molecule has 0 saturated carbocycles. The molecular formula is C11H16OS. The van der Waals surface area contributed by atoms with Gasteiger partial charge in [-0.3, -0.25) is 0 Å². The molecule has 0 bridgehead atoms. The fourth-order valence-corrected chi connectivity index (χ4v) is 1.34. The quantitative estimate of drug-likeness (QED) is 0.562. The van der Waals surface area contributed by atoms with Gasteiger partial charge in [0.25, 0.3) is 0 Å². The first kappa shape index (κ1) is 10.5. The maximum atomic E-state index is 5.60. The predicted octanol–water partition coefficient (Wildman–Crippen LogP) is 3.08. The van der Waals surface area contributed by atoms with Crippen LogP contribution >= 0.6 is 12.6 Å². The molecule has 72 valence electrons. The predicted molar refractivity (Wildman–Crippen MR) is 59.8 cm³/mol. The van der Waals surface area contributed by atoms with Crippen LogP contribution in [0.5, 0.6) is 5.75 Å². The van der Waals surface area contributed by atoms with E-state index in [4.69, 9.17) is 4.74 Å². The molecule has 1 rings (SSSR count). The molecule has 0 radical (unpaired) electrons. The van der Waals surface area contributed by atoms with Crippen LogP contribution in [-0.2, 0) is 0 Å². The summed E-state index contributed by atoms with van der Waals surface area (Å²) in [5, 5.41) is 0. The number of benzene rings is 1. The summed E-state index contributed by atoms with van der Waals surface area (Å²) in [5.41, 5.74) is 1.20. The molecule has 0 N–H and O–H groups in total. The number of unbranched alkanes of at least 4 members (excludes halogenated alkanes) is 1. The first-order chi connectivity index (χ1) is 6.34. The van der Waals surface area contributed by atoms with Crippen molar-refractivity contribution in [1.29, 1.82) is 0 Å². The average Bonchev–Trinajstić information content (AvgIpc) is 2.15. The highest BCUT2D eigenvalue weighted by molar-refractivity contribution is 7.80. The Kier molecular flexibility index (Phi) is 4.76. The molecule has 0 aromatic heterocycles. The zero-order valence-corrected chi connectivity index (χ0v) is 8.89. The molecule has 0 spiro atoms. The van der Waals surface area contributed by atoms with Gasteiger partial charge in [-0.1, -0.05) is 18.2 Å². The summed E-state index contributed by atoms with van der Waals surface area (Å²) < 4.78 is 5.60. The zero-order valence-electron chi connectivity index (χ0n) is 7.99. The van der Waals surface area contributed by atoms with Crippen molar-refractivity contribution in [1.82, 2.24) is 0 Å². The number of rotatable bonds is 5. The molecule has 0 fully saturated rings. The van der Waals surface area contributed by atoms with Crippen LogP contribution in [0, 0.1) is 6.92 Å². The third-order valence-corrected chi connectivity index (χ3v) is 2.22. The van der Waals surface area contributed by atoms with Crippen LogP contribution in [0.15, 0.2) is 24.3 Å². The summed E-state index contributed by atoms with van der Waals surface area (Å²) in [6.07, 6.45) is 2.20. The van der Waals surface area contributed by atoms with Crippen molar-refractivity contribution in [2.75, 3.05) is 12.4 Å². The van der Waals surface area contributed by atoms with E-state index in [1.807, 2.05) is 18.2 Å². The standard InChI is InChI=1S/C11H16OS/c1-10-6-2-3-7-11(10)12-8-4-5-9-13/h2-3,6-7,13H,4-5,8-9H2,1H3. The fourth-order valence-electron chi connectivity index (χ4n) is 1.11. The van der Waals surface area contributed by atoms with E-state index in [0.717, 1.165) is 31.0 Å². The van der Waals surface area contributed by atoms with Gasteiger partial charge in [-0.15, -0.1) is 0 Å². The van der Waals surface area contributed by atoms with E-state index in [0.29, 0.717) is 0 Å². The topological polar surface area (TPSA) is 9.23 Å². The molecule has 0 atom stereocenters. The molecule has 2 heteroatoms. The Hall–Kier alpha value is -0.630. The zero-order chi connectivity index (χ0) is 9.52. The van der Waals surface area contributed by atoms with Gasteiger partial charge in [0.15, 0.2) is 0 Å². The minimum Gasteiger partial charge on any atom is -0.493 e. The van der Waals surface area contributed by atoms with Gasteiger partial charge in [0, 0.05) is 0 Å². The Labute approximate surface area is 85.5 Å². The molecule has 0 aliphatic heterocycles. The first-order valence-corrected chi connectivity index (χ1v) is 5.27. The minimum atomic E-state index is 0.797. The first-order valence-electron chi connectivity index (χ1n) is 4.64. The Morgan fingerprint density at radius 1 is 1.23 bits per heavy atom. The molecule has 1 aromatic carbocycles. The molecule has 13 heavy (non-hydrogen) atoms. The normalized spacial score (nSPS) is 10.0. The van der Waals surface area contributed by atoms with Crippen molar-refractivity contribution in [3.63, 3.8) is 0 Å². The van der Waals surface area contributed by atoms with E-state index in [9.17, 15) is 0 Å². The Bertz CT molecular complexity index is 248. The van der Waals surface area contributed by atoms with Crippen molar-refractivity contribution in [2.45, 2.75) is 19.8 Å². The van der Waals surface area contributed by atoms with Gasteiger partial charge in [0.2, 0.25) is 0 Å². The highest BCUT2D eigenvalue weighted by Crippen LogP contribution is 2.16. The maximum absolute atomic E-state index is 5.60. The van der Waals surface area contributed by atoms with Gasteiger partial charge < -0.3 is 4.74 Å². The van der Waals surface area contributed by atoms with Crippen molar-refractivity contribution >= 4 is 12.6 Å². The maximum Gasteiger partial charge on any atom is 0.122 e. The Morgan fingerprint density at radius 3 is 2.69 bits per heavy atom. The second-order valence-electron chi connectivity index (χ2n) is 3.04. The fraction of sp³-hybridized carbons (Fsp3) is 0.455. The van der Waals surface area contributed by atoms with E-state index in [1.54, 1.807) is 0 Å². The van der Waals surface area contributed by atoms with Gasteiger partial charge in [-0.25, -0.2) is 0 Å². The highest BCUT2D eigenvalue weighted by atomic mass is 32.1. The lowest BCUT2D eigenvalue weighted by atomic mass is 10.2. The molecule has 1 nitrogen and oxygen atoms in total. The largest absolute Gasteiger partial charge is 0.493 e. The van der Waals surface area contributed by atoms with Crippen LogP contribution in [0.25, 0.3) is 0 Å². The van der Waals surface area contributed by atoms with Crippen molar-refractivity contribution in [2.24, 2.45) is 0 Å². The number of para-hydroxylation sites is 1. The number of aryl methyl sites for hydroxylation is 1. The number of ether oxygens (including phenoxy) is 1. The van der Waals surface area contributed by atoms with Gasteiger partial charge in [0.1, 0.15) is 5.75 Å². The van der Waals surface area contributed by atoms with Crippen LogP contribution in [0.2, 0.25) is 0 Å². The lowest BCUT2D eigenvalue weighted by Gasteiger charge is -2.07. The van der Waals surface area contributed by atoms with E-state index in [1.165, 1.54) is 5.56 Å². The second kappa shape index (κ2) is 5.92. The van der Waals surface area contributed by atoms with E-state index in [2.05, 4.69) is 25.6 Å². The average molecular weight is 196 g/mol. The summed E-state index contributed by atoms with van der Waals surface area (Å²) in [4.78, 5) is 0. The number of hydrogen-bond donors (Lipinski definition) is 1. The molecule has 0 aliphatic carbocycles. The van der Waals surface area contributed by atoms with Crippen LogP contribution < -0.4 is 4.74 Å². The Morgan fingerprint density at radius 2 is 2.00 bits per heavy atom. The van der Waals surface area contributed by atoms with E-state index >= 15 is 0 Å². The van der Waals surface area contributed by atoms with Gasteiger partial charge in [-0.2, -0.15) is 12.6 Å². The minimum absolute atomic E-state index is 0.797. The molecule has 0 amide bonds. The number of hydrogen-bond acceptors (Lipinski definition) is 2. The molecular weight excluding hydrogens is 180 g/mol. The molecule has 0 aliphatic rings. The summed E-state index contributed by atoms with van der Waals surface area (Å²) in [6, 6.07) is 8.10. The summed E-state index contributed by atoms with van der Waals surface area (Å²) >= 11 is 4.15. The number of thiol groups is 1. The van der Waals surface area contributed by atoms with Gasteiger partial charge in [-0.05, 0) is 37.1 Å². The summed E-state index contributed by atoms with van der Waals surface area (Å²) in [7, 11) is 0. The van der Waals surface area contributed by atoms with Gasteiger partial charge >= 0.3 is 0 Å². The van der Waals surface area contributed by atoms with E-state index in [-0.39, 0.29) is 0 Å².